The van der Waals surface area contributed by atoms with Crippen LogP contribution < -0.4 is 5.32 Å². The van der Waals surface area contributed by atoms with E-state index in [-0.39, 0.29) is 12.3 Å². The third-order valence-corrected chi connectivity index (χ3v) is 3.85. The number of amides is 1. The Morgan fingerprint density at radius 2 is 1.91 bits per heavy atom. The molecular formula is C16H18ClN3O3. The van der Waals surface area contributed by atoms with E-state index in [1.54, 1.807) is 16.8 Å². The second-order valence-electron chi connectivity index (χ2n) is 5.34. The summed E-state index contributed by atoms with van der Waals surface area (Å²) in [4.78, 5) is 22.8. The molecule has 2 N–H and O–H groups in total. The molecule has 1 aromatic carbocycles. The van der Waals surface area contributed by atoms with Crippen molar-refractivity contribution in [3.05, 3.63) is 46.2 Å². The highest BCUT2D eigenvalue weighted by Crippen LogP contribution is 2.20. The van der Waals surface area contributed by atoms with Gasteiger partial charge in [-0.3, -0.25) is 9.59 Å². The van der Waals surface area contributed by atoms with E-state index in [1.807, 2.05) is 26.0 Å². The van der Waals surface area contributed by atoms with Crippen LogP contribution in [0.4, 0.5) is 0 Å². The number of aryl methyl sites for hydroxylation is 1. The van der Waals surface area contributed by atoms with Gasteiger partial charge in [0.15, 0.2) is 0 Å². The minimum atomic E-state index is -1.07. The van der Waals surface area contributed by atoms with Gasteiger partial charge in [0.2, 0.25) is 5.91 Å². The summed E-state index contributed by atoms with van der Waals surface area (Å²) in [6, 6.07) is 6.31. The summed E-state index contributed by atoms with van der Waals surface area (Å²) >= 11 is 5.89. The summed E-state index contributed by atoms with van der Waals surface area (Å²) < 4.78 is 1.74. The normalized spacial score (nSPS) is 12.0. The molecule has 1 heterocycles. The zero-order chi connectivity index (χ0) is 17.1. The summed E-state index contributed by atoms with van der Waals surface area (Å²) in [5.74, 6) is -1.41. The van der Waals surface area contributed by atoms with E-state index in [2.05, 4.69) is 10.4 Å². The molecule has 0 aliphatic heterocycles. The van der Waals surface area contributed by atoms with Crippen LogP contribution >= 0.6 is 11.6 Å². The lowest BCUT2D eigenvalue weighted by Crippen LogP contribution is -2.39. The predicted molar refractivity (Wildman–Crippen MR) is 87.0 cm³/mol. The molecule has 1 amide bonds. The van der Waals surface area contributed by atoms with Gasteiger partial charge in [-0.05, 0) is 45.0 Å². The highest BCUT2D eigenvalue weighted by molar-refractivity contribution is 6.30. The smallest absolute Gasteiger partial charge is 0.325 e. The lowest BCUT2D eigenvalue weighted by Gasteiger charge is -2.09. The number of hydrogen-bond donors (Lipinski definition) is 2. The maximum atomic E-state index is 12.0. The Kier molecular flexibility index (Phi) is 5.05. The number of carbonyl (C=O) groups excluding carboxylic acids is 1. The molecule has 0 spiro atoms. The molecule has 122 valence electrons. The lowest BCUT2D eigenvalue weighted by molar-refractivity contribution is -0.141. The van der Waals surface area contributed by atoms with Crippen LogP contribution in [0.1, 0.15) is 23.9 Å². The molecule has 0 saturated heterocycles. The zero-order valence-corrected chi connectivity index (χ0v) is 13.9. The summed E-state index contributed by atoms with van der Waals surface area (Å²) in [7, 11) is 0. The van der Waals surface area contributed by atoms with Gasteiger partial charge >= 0.3 is 5.97 Å². The Bertz CT molecular complexity index is 738. The molecule has 0 aliphatic rings. The van der Waals surface area contributed by atoms with Gasteiger partial charge in [-0.25, -0.2) is 4.68 Å². The van der Waals surface area contributed by atoms with Crippen molar-refractivity contribution < 1.29 is 14.7 Å². The van der Waals surface area contributed by atoms with Crippen molar-refractivity contribution >= 4 is 23.5 Å². The monoisotopic (exact) mass is 335 g/mol. The number of benzene rings is 1. The SMILES string of the molecule is Cc1nn(-c2ccc(Cl)cc2)c(C)c1CC(=O)NC(C)C(=O)O. The number of nitrogens with one attached hydrogen (secondary N) is 1. The van der Waals surface area contributed by atoms with Crippen molar-refractivity contribution in [2.24, 2.45) is 0 Å². The first kappa shape index (κ1) is 17.0. The standard InChI is InChI=1S/C16H18ClN3O3/c1-9-14(8-15(21)18-10(2)16(22)23)11(3)20(19-9)13-6-4-12(17)5-7-13/h4-7,10H,8H2,1-3H3,(H,18,21)(H,22,23). The molecule has 0 bridgehead atoms. The topological polar surface area (TPSA) is 84.2 Å². The molecule has 0 radical (unpaired) electrons. The van der Waals surface area contributed by atoms with Crippen LogP contribution in [-0.4, -0.2) is 32.8 Å². The fourth-order valence-corrected chi connectivity index (χ4v) is 2.41. The van der Waals surface area contributed by atoms with Gasteiger partial charge < -0.3 is 10.4 Å². The highest BCUT2D eigenvalue weighted by atomic mass is 35.5. The van der Waals surface area contributed by atoms with Gasteiger partial charge in [-0.1, -0.05) is 11.6 Å². The summed E-state index contributed by atoms with van der Waals surface area (Å²) in [6.07, 6.45) is 0.0862. The van der Waals surface area contributed by atoms with Crippen LogP contribution in [-0.2, 0) is 16.0 Å². The fourth-order valence-electron chi connectivity index (χ4n) is 2.28. The minimum Gasteiger partial charge on any atom is -0.480 e. The zero-order valence-electron chi connectivity index (χ0n) is 13.1. The number of aromatic nitrogens is 2. The number of aliphatic carboxylic acids is 1. The largest absolute Gasteiger partial charge is 0.480 e. The average molecular weight is 336 g/mol. The quantitative estimate of drug-likeness (QED) is 0.878. The lowest BCUT2D eigenvalue weighted by atomic mass is 10.1. The van der Waals surface area contributed by atoms with Crippen molar-refractivity contribution in [3.63, 3.8) is 0 Å². The molecule has 0 fully saturated rings. The number of halogens is 1. The van der Waals surface area contributed by atoms with Gasteiger partial charge in [0.05, 0.1) is 17.8 Å². The van der Waals surface area contributed by atoms with Gasteiger partial charge in [0.25, 0.3) is 0 Å². The maximum Gasteiger partial charge on any atom is 0.325 e. The Labute approximate surface area is 139 Å². The third kappa shape index (κ3) is 3.90. The van der Waals surface area contributed by atoms with E-state index in [4.69, 9.17) is 16.7 Å². The second-order valence-corrected chi connectivity index (χ2v) is 5.78. The van der Waals surface area contributed by atoms with Crippen LogP contribution in [0, 0.1) is 13.8 Å². The maximum absolute atomic E-state index is 12.0. The molecule has 1 unspecified atom stereocenters. The molecule has 1 aromatic heterocycles. The average Bonchev–Trinajstić information content (AvgIpc) is 2.76. The second kappa shape index (κ2) is 6.83. The fraction of sp³-hybridized carbons (Fsp3) is 0.312. The molecule has 7 heteroatoms. The first-order chi connectivity index (χ1) is 10.8. The number of nitrogens with zero attached hydrogens (tertiary/aromatic N) is 2. The molecule has 0 saturated carbocycles. The highest BCUT2D eigenvalue weighted by Gasteiger charge is 2.19. The number of rotatable bonds is 5. The van der Waals surface area contributed by atoms with Crippen LogP contribution in [0.15, 0.2) is 24.3 Å². The van der Waals surface area contributed by atoms with Gasteiger partial charge in [0.1, 0.15) is 6.04 Å². The molecule has 1 atom stereocenters. The van der Waals surface area contributed by atoms with E-state index in [0.29, 0.717) is 5.02 Å². The van der Waals surface area contributed by atoms with Crippen molar-refractivity contribution in [2.45, 2.75) is 33.2 Å². The van der Waals surface area contributed by atoms with Crippen LogP contribution in [0.5, 0.6) is 0 Å². The molecule has 2 aromatic rings. The van der Waals surface area contributed by atoms with E-state index >= 15 is 0 Å². The number of carboxylic acid groups (broad SMARTS) is 1. The van der Waals surface area contributed by atoms with E-state index in [1.165, 1.54) is 6.92 Å². The van der Waals surface area contributed by atoms with Gasteiger partial charge in [-0.2, -0.15) is 5.10 Å². The first-order valence-corrected chi connectivity index (χ1v) is 7.50. The minimum absolute atomic E-state index is 0.0862. The van der Waals surface area contributed by atoms with E-state index in [0.717, 1.165) is 22.6 Å². The van der Waals surface area contributed by atoms with Crippen LogP contribution in [0.2, 0.25) is 5.02 Å². The molecular weight excluding hydrogens is 318 g/mol. The summed E-state index contributed by atoms with van der Waals surface area (Å²) in [6.45, 7) is 5.12. The Balaban J connectivity index is 2.22. The third-order valence-electron chi connectivity index (χ3n) is 3.60. The van der Waals surface area contributed by atoms with E-state index in [9.17, 15) is 9.59 Å². The van der Waals surface area contributed by atoms with Crippen molar-refractivity contribution in [1.82, 2.24) is 15.1 Å². The van der Waals surface area contributed by atoms with Crippen LogP contribution in [0.3, 0.4) is 0 Å². The number of carbonyl (C=O) groups is 2. The molecule has 6 nitrogen and oxygen atoms in total. The van der Waals surface area contributed by atoms with E-state index < -0.39 is 12.0 Å². The van der Waals surface area contributed by atoms with Crippen LogP contribution in [0.25, 0.3) is 5.69 Å². The van der Waals surface area contributed by atoms with Crippen molar-refractivity contribution in [1.29, 1.82) is 0 Å². The van der Waals surface area contributed by atoms with Crippen molar-refractivity contribution in [3.8, 4) is 5.69 Å². The first-order valence-electron chi connectivity index (χ1n) is 7.12. The molecule has 0 aliphatic carbocycles. The predicted octanol–water partition coefficient (Wildman–Crippen LogP) is 2.27. The molecule has 2 rings (SSSR count). The van der Waals surface area contributed by atoms with Gasteiger partial charge in [0, 0.05) is 16.3 Å². The Morgan fingerprint density at radius 3 is 2.48 bits per heavy atom. The number of carboxylic acids is 1. The molecule has 23 heavy (non-hydrogen) atoms. The number of hydrogen-bond acceptors (Lipinski definition) is 3. The van der Waals surface area contributed by atoms with Crippen molar-refractivity contribution in [2.75, 3.05) is 0 Å². The Morgan fingerprint density at radius 1 is 1.30 bits per heavy atom. The summed E-state index contributed by atoms with van der Waals surface area (Å²) in [5.41, 5.74) is 3.20. The summed E-state index contributed by atoms with van der Waals surface area (Å²) in [5, 5.41) is 16.4. The Hall–Kier alpha value is -2.34. The van der Waals surface area contributed by atoms with Gasteiger partial charge in [-0.15, -0.1) is 0 Å².